The first-order valence-corrected chi connectivity index (χ1v) is 14.1. The molecule has 0 unspecified atom stereocenters. The van der Waals surface area contributed by atoms with Gasteiger partial charge in [0.15, 0.2) is 5.82 Å². The zero-order valence-electron chi connectivity index (χ0n) is 21.2. The van der Waals surface area contributed by atoms with Crippen molar-refractivity contribution >= 4 is 59.5 Å². The Bertz CT molecular complexity index is 2290. The molecule has 0 saturated carbocycles. The first kappa shape index (κ1) is 24.0. The highest BCUT2D eigenvalue weighted by molar-refractivity contribution is 7.92. The summed E-state index contributed by atoms with van der Waals surface area (Å²) in [6.45, 7) is 0. The maximum absolute atomic E-state index is 13.9. The molecule has 0 bridgehead atoms. The smallest absolute Gasteiger partial charge is 0.260 e. The number of H-pyrrole nitrogens is 2. The Kier molecular flexibility index (Phi) is 5.10. The molecule has 7 rings (SSSR count). The number of hydrogen-bond donors (Lipinski definition) is 2. The van der Waals surface area contributed by atoms with Gasteiger partial charge >= 0.3 is 0 Å². The van der Waals surface area contributed by atoms with Crippen molar-refractivity contribution < 1.29 is 17.2 Å². The number of fused-ring (bicyclic) bond motifs is 6. The normalized spacial score (nSPS) is 12.2. The van der Waals surface area contributed by atoms with E-state index < -0.39 is 21.4 Å². The van der Waals surface area contributed by atoms with Gasteiger partial charge < -0.3 is 14.4 Å². The molecule has 40 heavy (non-hydrogen) atoms. The van der Waals surface area contributed by atoms with Crippen molar-refractivity contribution in [2.45, 2.75) is 0 Å². The van der Waals surface area contributed by atoms with Gasteiger partial charge in [-0.3, -0.25) is 9.10 Å². The maximum Gasteiger partial charge on any atom is 0.260 e. The average Bonchev–Trinajstić information content (AvgIpc) is 3.53. The monoisotopic (exact) mass is 553 g/mol. The van der Waals surface area contributed by atoms with Crippen LogP contribution >= 0.6 is 0 Å². The summed E-state index contributed by atoms with van der Waals surface area (Å²) < 4.78 is 46.3. The highest BCUT2D eigenvalue weighted by atomic mass is 32.2. The van der Waals surface area contributed by atoms with Gasteiger partial charge in [0.2, 0.25) is 10.0 Å². The molecular weight excluding hydrogens is 533 g/mol. The second kappa shape index (κ2) is 8.48. The Labute approximate surface area is 226 Å². The van der Waals surface area contributed by atoms with Gasteiger partial charge in [-0.15, -0.1) is 0 Å². The van der Waals surface area contributed by atoms with Crippen LogP contribution in [0, 0.1) is 5.82 Å². The number of aromatic nitrogens is 4. The predicted molar refractivity (Wildman–Crippen MR) is 153 cm³/mol. The Morgan fingerprint density at radius 3 is 2.58 bits per heavy atom. The standard InChI is InChI=1S/C29H20FN5O4S/c1-35(40(2,37)38)24-14-25-19(26-27(39-25)17-8-7-16(30)12-22(17)34-29(26)36)13-18(24)28-31-10-9-21(33-28)23-11-15-5-3-4-6-20(15)32-23/h3-14,32H,1-2H3,(H,34,36). The number of sulfonamides is 1. The quantitative estimate of drug-likeness (QED) is 0.294. The molecule has 0 aliphatic rings. The minimum absolute atomic E-state index is 0.260. The maximum atomic E-state index is 13.9. The molecular formula is C29H20FN5O4S. The summed E-state index contributed by atoms with van der Waals surface area (Å²) in [4.78, 5) is 28.4. The van der Waals surface area contributed by atoms with E-state index in [9.17, 15) is 17.6 Å². The second-order valence-corrected chi connectivity index (χ2v) is 11.6. The van der Waals surface area contributed by atoms with Crippen LogP contribution in [-0.4, -0.2) is 41.7 Å². The number of benzene rings is 3. The van der Waals surface area contributed by atoms with Crippen LogP contribution in [0.2, 0.25) is 0 Å². The fourth-order valence-corrected chi connectivity index (χ4v) is 5.53. The van der Waals surface area contributed by atoms with E-state index in [0.717, 1.165) is 27.2 Å². The van der Waals surface area contributed by atoms with E-state index in [-0.39, 0.29) is 22.5 Å². The molecule has 0 radical (unpaired) electrons. The summed E-state index contributed by atoms with van der Waals surface area (Å²) in [5.41, 5.74) is 3.38. The van der Waals surface area contributed by atoms with Gasteiger partial charge in [-0.1, -0.05) is 18.2 Å². The lowest BCUT2D eigenvalue weighted by molar-refractivity contribution is 0.600. The van der Waals surface area contributed by atoms with Crippen molar-refractivity contribution in [2.75, 3.05) is 17.6 Å². The number of nitrogens with one attached hydrogen (secondary N) is 2. The molecule has 0 amide bonds. The fourth-order valence-electron chi connectivity index (χ4n) is 5.02. The van der Waals surface area contributed by atoms with E-state index >= 15 is 0 Å². The van der Waals surface area contributed by atoms with Gasteiger partial charge in [-0.25, -0.2) is 22.8 Å². The zero-order chi connectivity index (χ0) is 27.8. The highest BCUT2D eigenvalue weighted by Gasteiger charge is 2.24. The molecule has 3 aromatic carbocycles. The molecule has 0 atom stereocenters. The molecule has 4 heterocycles. The number of anilines is 1. The van der Waals surface area contributed by atoms with Crippen molar-refractivity contribution in [3.63, 3.8) is 0 Å². The number of aromatic amines is 2. The topological polar surface area (TPSA) is 125 Å². The zero-order valence-corrected chi connectivity index (χ0v) is 22.0. The second-order valence-electron chi connectivity index (χ2n) is 9.58. The van der Waals surface area contributed by atoms with E-state index in [1.807, 2.05) is 30.3 Å². The lowest BCUT2D eigenvalue weighted by atomic mass is 10.1. The van der Waals surface area contributed by atoms with Crippen LogP contribution in [0.4, 0.5) is 10.1 Å². The summed E-state index contributed by atoms with van der Waals surface area (Å²) in [6.07, 6.45) is 2.69. The first-order valence-electron chi connectivity index (χ1n) is 12.2. The molecule has 4 aromatic heterocycles. The molecule has 11 heteroatoms. The minimum Gasteiger partial charge on any atom is -0.455 e. The number of halogens is 1. The number of rotatable bonds is 4. The average molecular weight is 554 g/mol. The van der Waals surface area contributed by atoms with E-state index in [1.54, 1.807) is 24.4 Å². The Hall–Kier alpha value is -5.03. The van der Waals surface area contributed by atoms with Crippen molar-refractivity contribution in [2.24, 2.45) is 0 Å². The molecule has 0 aliphatic heterocycles. The first-order chi connectivity index (χ1) is 19.2. The molecule has 9 nitrogen and oxygen atoms in total. The van der Waals surface area contributed by atoms with Crippen LogP contribution in [0.15, 0.2) is 82.1 Å². The van der Waals surface area contributed by atoms with Crippen LogP contribution in [0.5, 0.6) is 0 Å². The van der Waals surface area contributed by atoms with Crippen molar-refractivity contribution in [3.05, 3.63) is 89.1 Å². The van der Waals surface area contributed by atoms with Crippen LogP contribution < -0.4 is 9.86 Å². The third kappa shape index (κ3) is 3.74. The van der Waals surface area contributed by atoms with Crippen molar-refractivity contribution in [1.82, 2.24) is 19.9 Å². The van der Waals surface area contributed by atoms with Crippen LogP contribution in [0.3, 0.4) is 0 Å². The van der Waals surface area contributed by atoms with Gasteiger partial charge in [0.1, 0.15) is 17.0 Å². The number of hydrogen-bond acceptors (Lipinski definition) is 6. The Balaban J connectivity index is 1.51. The molecule has 0 aliphatic carbocycles. The van der Waals surface area contributed by atoms with Crippen molar-refractivity contribution in [3.8, 4) is 22.8 Å². The number of para-hydroxylation sites is 1. The third-order valence-electron chi connectivity index (χ3n) is 7.05. The predicted octanol–water partition coefficient (Wildman–Crippen LogP) is 5.57. The minimum atomic E-state index is -3.69. The van der Waals surface area contributed by atoms with E-state index in [4.69, 9.17) is 9.40 Å². The van der Waals surface area contributed by atoms with Gasteiger partial charge in [-0.2, -0.15) is 0 Å². The van der Waals surface area contributed by atoms with Gasteiger partial charge in [0, 0.05) is 46.5 Å². The largest absolute Gasteiger partial charge is 0.455 e. The summed E-state index contributed by atoms with van der Waals surface area (Å²) in [5, 5.41) is 2.25. The fraction of sp³-hybridized carbons (Fsp3) is 0.0690. The molecule has 0 spiro atoms. The molecule has 0 saturated heterocycles. The Morgan fingerprint density at radius 1 is 0.950 bits per heavy atom. The summed E-state index contributed by atoms with van der Waals surface area (Å²) in [6, 6.07) is 18.8. The Morgan fingerprint density at radius 2 is 1.77 bits per heavy atom. The lowest BCUT2D eigenvalue weighted by Crippen LogP contribution is -2.25. The van der Waals surface area contributed by atoms with Crippen molar-refractivity contribution in [1.29, 1.82) is 0 Å². The van der Waals surface area contributed by atoms with E-state index in [2.05, 4.69) is 15.0 Å². The highest BCUT2D eigenvalue weighted by Crippen LogP contribution is 2.39. The summed E-state index contributed by atoms with van der Waals surface area (Å²) in [5.74, 6) is -0.234. The summed E-state index contributed by atoms with van der Waals surface area (Å²) in [7, 11) is -2.27. The molecule has 2 N–H and O–H groups in total. The number of furan rings is 1. The van der Waals surface area contributed by atoms with E-state index in [1.165, 1.54) is 25.2 Å². The lowest BCUT2D eigenvalue weighted by Gasteiger charge is -2.20. The van der Waals surface area contributed by atoms with E-state index in [0.29, 0.717) is 33.1 Å². The molecule has 7 aromatic rings. The number of pyridine rings is 1. The van der Waals surface area contributed by atoms with Gasteiger partial charge in [0.25, 0.3) is 5.56 Å². The van der Waals surface area contributed by atoms with Crippen LogP contribution in [-0.2, 0) is 10.0 Å². The van der Waals surface area contributed by atoms with Crippen LogP contribution in [0.25, 0.3) is 66.5 Å². The van der Waals surface area contributed by atoms with Gasteiger partial charge in [0.05, 0.1) is 34.2 Å². The molecule has 0 fully saturated rings. The summed E-state index contributed by atoms with van der Waals surface area (Å²) >= 11 is 0. The van der Waals surface area contributed by atoms with Gasteiger partial charge in [-0.05, 0) is 42.5 Å². The SMILES string of the molecule is CN(c1cc2oc3c4ccc(F)cc4[nH]c(=O)c3c2cc1-c1nccc(-c2cc3ccccc3[nH]2)n1)S(C)(=O)=O. The number of nitrogens with zero attached hydrogens (tertiary/aromatic N) is 3. The molecule has 198 valence electrons. The third-order valence-corrected chi connectivity index (χ3v) is 8.24. The van der Waals surface area contributed by atoms with Crippen LogP contribution in [0.1, 0.15) is 0 Å².